The van der Waals surface area contributed by atoms with Crippen molar-refractivity contribution in [3.63, 3.8) is 0 Å². The Morgan fingerprint density at radius 1 is 1.14 bits per heavy atom. The number of nitrogens with one attached hydrogen (secondary N) is 1. The van der Waals surface area contributed by atoms with Crippen molar-refractivity contribution in [3.05, 3.63) is 57.2 Å². The Morgan fingerprint density at radius 3 is 2.67 bits per heavy atom. The molecule has 112 valence electrons. The standard InChI is InChI=1S/C15H14Br2FNO2/c16-10-2-1-3-13(6-10)21-9-12(20)8-19-15-7-11(17)4-5-14(15)18/h1-7,12,19-20H,8-9H2. The van der Waals surface area contributed by atoms with Gasteiger partial charge in [-0.05, 0) is 36.4 Å². The lowest BCUT2D eigenvalue weighted by Gasteiger charge is -2.14. The molecule has 0 heterocycles. The molecule has 2 aromatic rings. The molecule has 2 rings (SSSR count). The van der Waals surface area contributed by atoms with E-state index in [1.54, 1.807) is 18.2 Å². The summed E-state index contributed by atoms with van der Waals surface area (Å²) >= 11 is 6.62. The lowest BCUT2D eigenvalue weighted by atomic mass is 10.3. The van der Waals surface area contributed by atoms with Crippen LogP contribution in [-0.4, -0.2) is 24.4 Å². The zero-order valence-corrected chi connectivity index (χ0v) is 14.2. The minimum Gasteiger partial charge on any atom is -0.491 e. The zero-order valence-electron chi connectivity index (χ0n) is 11.0. The van der Waals surface area contributed by atoms with Gasteiger partial charge in [0, 0.05) is 15.5 Å². The molecule has 6 heteroatoms. The number of aliphatic hydroxyl groups excluding tert-OH is 1. The van der Waals surface area contributed by atoms with Gasteiger partial charge >= 0.3 is 0 Å². The van der Waals surface area contributed by atoms with Gasteiger partial charge in [0.2, 0.25) is 0 Å². The molecule has 0 spiro atoms. The Kier molecular flexibility index (Phi) is 6.02. The highest BCUT2D eigenvalue weighted by Crippen LogP contribution is 2.20. The van der Waals surface area contributed by atoms with Crippen LogP contribution in [0, 0.1) is 5.82 Å². The Morgan fingerprint density at radius 2 is 1.90 bits per heavy atom. The third kappa shape index (κ3) is 5.30. The molecule has 21 heavy (non-hydrogen) atoms. The van der Waals surface area contributed by atoms with E-state index < -0.39 is 6.10 Å². The molecule has 2 aromatic carbocycles. The predicted octanol–water partition coefficient (Wildman–Crippen LogP) is 4.20. The number of aliphatic hydroxyl groups is 1. The summed E-state index contributed by atoms with van der Waals surface area (Å²) in [5.41, 5.74) is 0.339. The summed E-state index contributed by atoms with van der Waals surface area (Å²) in [5.74, 6) is 0.301. The molecule has 0 amide bonds. The summed E-state index contributed by atoms with van der Waals surface area (Å²) in [7, 11) is 0. The summed E-state index contributed by atoms with van der Waals surface area (Å²) in [4.78, 5) is 0. The molecule has 0 aliphatic heterocycles. The van der Waals surface area contributed by atoms with Gasteiger partial charge in [-0.3, -0.25) is 0 Å². The maximum absolute atomic E-state index is 13.5. The largest absolute Gasteiger partial charge is 0.491 e. The fourth-order valence-corrected chi connectivity index (χ4v) is 2.41. The van der Waals surface area contributed by atoms with E-state index in [9.17, 15) is 9.50 Å². The van der Waals surface area contributed by atoms with Gasteiger partial charge < -0.3 is 15.2 Å². The van der Waals surface area contributed by atoms with E-state index in [2.05, 4.69) is 37.2 Å². The van der Waals surface area contributed by atoms with Gasteiger partial charge in [0.1, 0.15) is 24.3 Å². The maximum atomic E-state index is 13.5. The topological polar surface area (TPSA) is 41.5 Å². The third-order valence-electron chi connectivity index (χ3n) is 2.70. The van der Waals surface area contributed by atoms with Gasteiger partial charge in [-0.15, -0.1) is 0 Å². The van der Waals surface area contributed by atoms with E-state index >= 15 is 0 Å². The summed E-state index contributed by atoms with van der Waals surface area (Å²) in [5, 5.41) is 12.7. The fourth-order valence-electron chi connectivity index (χ4n) is 1.67. The van der Waals surface area contributed by atoms with Crippen molar-refractivity contribution in [3.8, 4) is 5.75 Å². The third-order valence-corrected chi connectivity index (χ3v) is 3.68. The van der Waals surface area contributed by atoms with Crippen LogP contribution in [0.2, 0.25) is 0 Å². The van der Waals surface area contributed by atoms with E-state index in [4.69, 9.17) is 4.74 Å². The van der Waals surface area contributed by atoms with Gasteiger partial charge in [-0.25, -0.2) is 4.39 Å². The first-order valence-electron chi connectivity index (χ1n) is 6.30. The van der Waals surface area contributed by atoms with Crippen molar-refractivity contribution in [1.29, 1.82) is 0 Å². The molecule has 1 atom stereocenters. The first kappa shape index (κ1) is 16.3. The molecule has 0 bridgehead atoms. The monoisotopic (exact) mass is 417 g/mol. The number of ether oxygens (including phenoxy) is 1. The summed E-state index contributed by atoms with van der Waals surface area (Å²) in [6.07, 6.45) is -0.748. The molecular formula is C15H14Br2FNO2. The molecule has 0 aliphatic rings. The Hall–Kier alpha value is -1.11. The quantitative estimate of drug-likeness (QED) is 0.738. The molecular weight excluding hydrogens is 405 g/mol. The van der Waals surface area contributed by atoms with E-state index in [0.29, 0.717) is 11.4 Å². The summed E-state index contributed by atoms with van der Waals surface area (Å²) in [6, 6.07) is 12.0. The lowest BCUT2D eigenvalue weighted by molar-refractivity contribution is 0.117. The van der Waals surface area contributed by atoms with Crippen molar-refractivity contribution in [2.24, 2.45) is 0 Å². The average molecular weight is 419 g/mol. The smallest absolute Gasteiger partial charge is 0.146 e. The molecule has 0 radical (unpaired) electrons. The normalized spacial score (nSPS) is 12.0. The molecule has 1 unspecified atom stereocenters. The molecule has 0 fully saturated rings. The fraction of sp³-hybridized carbons (Fsp3) is 0.200. The molecule has 3 nitrogen and oxygen atoms in total. The summed E-state index contributed by atoms with van der Waals surface area (Å²) < 4.78 is 20.7. The van der Waals surface area contributed by atoms with Gasteiger partial charge in [-0.1, -0.05) is 37.9 Å². The van der Waals surface area contributed by atoms with E-state index in [1.807, 2.05) is 18.2 Å². The SMILES string of the molecule is OC(CNc1cc(Br)ccc1F)COc1cccc(Br)c1. The Bertz CT molecular complexity index is 610. The van der Waals surface area contributed by atoms with Crippen LogP contribution < -0.4 is 10.1 Å². The lowest BCUT2D eigenvalue weighted by Crippen LogP contribution is -2.26. The first-order valence-corrected chi connectivity index (χ1v) is 7.88. The highest BCUT2D eigenvalue weighted by Gasteiger charge is 2.08. The van der Waals surface area contributed by atoms with Gasteiger partial charge in [0.15, 0.2) is 0 Å². The van der Waals surface area contributed by atoms with E-state index in [0.717, 1.165) is 8.95 Å². The van der Waals surface area contributed by atoms with Crippen LogP contribution in [0.3, 0.4) is 0 Å². The van der Waals surface area contributed by atoms with Gasteiger partial charge in [0.25, 0.3) is 0 Å². The van der Waals surface area contributed by atoms with E-state index in [-0.39, 0.29) is 19.0 Å². The highest BCUT2D eigenvalue weighted by atomic mass is 79.9. The number of anilines is 1. The number of hydrogen-bond donors (Lipinski definition) is 2. The second kappa shape index (κ2) is 7.77. The van der Waals surface area contributed by atoms with Crippen molar-refractivity contribution in [2.45, 2.75) is 6.10 Å². The number of halogens is 3. The molecule has 2 N–H and O–H groups in total. The van der Waals surface area contributed by atoms with E-state index in [1.165, 1.54) is 6.07 Å². The van der Waals surface area contributed by atoms with Crippen LogP contribution in [-0.2, 0) is 0 Å². The Labute approximate surface area is 139 Å². The molecule has 0 aliphatic carbocycles. The second-order valence-corrected chi connectivity index (χ2v) is 6.26. The van der Waals surface area contributed by atoms with Crippen LogP contribution in [0.4, 0.5) is 10.1 Å². The van der Waals surface area contributed by atoms with Crippen LogP contribution in [0.15, 0.2) is 51.4 Å². The summed E-state index contributed by atoms with van der Waals surface area (Å²) in [6.45, 7) is 0.320. The number of benzene rings is 2. The van der Waals surface area contributed by atoms with Crippen molar-refractivity contribution >= 4 is 37.5 Å². The number of hydrogen-bond acceptors (Lipinski definition) is 3. The van der Waals surface area contributed by atoms with Crippen molar-refractivity contribution in [1.82, 2.24) is 0 Å². The first-order chi connectivity index (χ1) is 10.0. The van der Waals surface area contributed by atoms with Crippen LogP contribution >= 0.6 is 31.9 Å². The zero-order chi connectivity index (χ0) is 15.2. The second-order valence-electron chi connectivity index (χ2n) is 4.43. The van der Waals surface area contributed by atoms with Crippen molar-refractivity contribution < 1.29 is 14.2 Å². The minimum atomic E-state index is -0.748. The predicted molar refractivity (Wildman–Crippen MR) is 88.2 cm³/mol. The van der Waals surface area contributed by atoms with Crippen LogP contribution in [0.1, 0.15) is 0 Å². The van der Waals surface area contributed by atoms with Crippen LogP contribution in [0.25, 0.3) is 0 Å². The average Bonchev–Trinajstić information content (AvgIpc) is 2.46. The van der Waals surface area contributed by atoms with Gasteiger partial charge in [0.05, 0.1) is 5.69 Å². The minimum absolute atomic E-state index is 0.124. The van der Waals surface area contributed by atoms with Crippen LogP contribution in [0.5, 0.6) is 5.75 Å². The molecule has 0 saturated heterocycles. The highest BCUT2D eigenvalue weighted by molar-refractivity contribution is 9.10. The van der Waals surface area contributed by atoms with Gasteiger partial charge in [-0.2, -0.15) is 0 Å². The maximum Gasteiger partial charge on any atom is 0.146 e. The molecule has 0 saturated carbocycles. The Balaban J connectivity index is 1.82. The van der Waals surface area contributed by atoms with Crippen molar-refractivity contribution in [2.75, 3.05) is 18.5 Å². The molecule has 0 aromatic heterocycles. The number of rotatable bonds is 6.